The van der Waals surface area contributed by atoms with E-state index in [1.54, 1.807) is 50.9 Å². The minimum absolute atomic E-state index is 0.120. The number of nitrogens with one attached hydrogen (secondary N) is 2. The fraction of sp³-hybridized carbons (Fsp3) is 0.217. The van der Waals surface area contributed by atoms with E-state index >= 15 is 0 Å². The fourth-order valence-corrected chi connectivity index (χ4v) is 2.99. The Hall–Kier alpha value is -3.78. The summed E-state index contributed by atoms with van der Waals surface area (Å²) in [6.45, 7) is 0.689. The number of rotatable bonds is 10. The van der Waals surface area contributed by atoms with E-state index in [1.165, 1.54) is 7.11 Å². The van der Waals surface area contributed by atoms with Crippen LogP contribution in [0.3, 0.4) is 0 Å². The maximum absolute atomic E-state index is 12.7. The van der Waals surface area contributed by atoms with Crippen LogP contribution in [0.2, 0.25) is 0 Å². The van der Waals surface area contributed by atoms with Crippen molar-refractivity contribution in [3.63, 3.8) is 0 Å². The van der Waals surface area contributed by atoms with Crippen LogP contribution in [-0.4, -0.2) is 32.2 Å². The van der Waals surface area contributed by atoms with Crippen LogP contribution in [0.4, 0.5) is 5.69 Å². The first kappa shape index (κ1) is 21.9. The quantitative estimate of drug-likeness (QED) is 0.482. The normalized spacial score (nSPS) is 10.3. The largest absolute Gasteiger partial charge is 0.493 e. The number of carbonyl (C=O) groups is 1. The Morgan fingerprint density at radius 1 is 0.903 bits per heavy atom. The molecule has 31 heavy (non-hydrogen) atoms. The van der Waals surface area contributed by atoms with Crippen molar-refractivity contribution in [2.24, 2.45) is 0 Å². The molecule has 0 saturated carbocycles. The molecule has 3 rings (SSSR count). The lowest BCUT2D eigenvalue weighted by molar-refractivity contribution is 0.0233. The second-order valence-electron chi connectivity index (χ2n) is 6.51. The number of pyridine rings is 1. The van der Waals surface area contributed by atoms with Crippen molar-refractivity contribution in [2.45, 2.75) is 13.2 Å². The molecular weight excluding hydrogens is 398 g/mol. The fourth-order valence-electron chi connectivity index (χ4n) is 2.99. The van der Waals surface area contributed by atoms with Crippen LogP contribution in [-0.2, 0) is 18.0 Å². The Morgan fingerprint density at radius 3 is 2.23 bits per heavy atom. The molecule has 0 bridgehead atoms. The topological polar surface area (TPSA) is 90.9 Å². The second kappa shape index (κ2) is 10.8. The summed E-state index contributed by atoms with van der Waals surface area (Å²) in [4.78, 5) is 22.1. The van der Waals surface area contributed by atoms with Gasteiger partial charge in [-0.3, -0.25) is 14.6 Å². The second-order valence-corrected chi connectivity index (χ2v) is 6.51. The Balaban J connectivity index is 1.63. The third kappa shape index (κ3) is 5.64. The van der Waals surface area contributed by atoms with Crippen LogP contribution in [0.15, 0.2) is 60.9 Å². The number of benzene rings is 2. The van der Waals surface area contributed by atoms with Gasteiger partial charge < -0.3 is 19.5 Å². The zero-order valence-electron chi connectivity index (χ0n) is 17.7. The number of hydrogen-bond donors (Lipinski definition) is 2. The predicted molar refractivity (Wildman–Crippen MR) is 116 cm³/mol. The molecule has 0 saturated heterocycles. The van der Waals surface area contributed by atoms with E-state index in [0.717, 1.165) is 11.1 Å². The third-order valence-electron chi connectivity index (χ3n) is 4.53. The number of hydrogen-bond acceptors (Lipinski definition) is 7. The molecule has 1 aromatic heterocycles. The molecule has 2 aromatic carbocycles. The molecule has 8 nitrogen and oxygen atoms in total. The Bertz CT molecular complexity index is 986. The van der Waals surface area contributed by atoms with Gasteiger partial charge in [0, 0.05) is 24.6 Å². The molecule has 0 radical (unpaired) electrons. The molecule has 3 aromatic rings. The average Bonchev–Trinajstić information content (AvgIpc) is 2.82. The van der Waals surface area contributed by atoms with E-state index in [9.17, 15) is 4.79 Å². The molecule has 0 aliphatic heterocycles. The summed E-state index contributed by atoms with van der Waals surface area (Å²) in [6.07, 6.45) is 3.46. The minimum atomic E-state index is -0.356. The van der Waals surface area contributed by atoms with Gasteiger partial charge in [-0.25, -0.2) is 5.48 Å². The summed E-state index contributed by atoms with van der Waals surface area (Å²) in [6, 6.07) is 14.6. The molecule has 8 heteroatoms. The van der Waals surface area contributed by atoms with Gasteiger partial charge in [-0.2, -0.15) is 0 Å². The Kier molecular flexibility index (Phi) is 7.67. The summed E-state index contributed by atoms with van der Waals surface area (Å²) >= 11 is 0. The van der Waals surface area contributed by atoms with E-state index in [2.05, 4.69) is 15.8 Å². The number of anilines is 1. The van der Waals surface area contributed by atoms with E-state index in [1.807, 2.05) is 24.3 Å². The molecule has 1 amide bonds. The summed E-state index contributed by atoms with van der Waals surface area (Å²) in [5, 5.41) is 3.27. The van der Waals surface area contributed by atoms with Crippen molar-refractivity contribution in [2.75, 3.05) is 26.6 Å². The first-order chi connectivity index (χ1) is 15.2. The maximum Gasteiger partial charge on any atom is 0.276 e. The number of nitrogens with zero attached hydrogens (tertiary/aromatic N) is 1. The first-order valence-corrected chi connectivity index (χ1v) is 9.59. The van der Waals surface area contributed by atoms with Crippen LogP contribution in [0.1, 0.15) is 21.5 Å². The number of amides is 1. The lowest BCUT2D eigenvalue weighted by Gasteiger charge is -2.15. The predicted octanol–water partition coefficient (Wildman–Crippen LogP) is 3.58. The zero-order chi connectivity index (χ0) is 22.1. The molecule has 0 fully saturated rings. The summed E-state index contributed by atoms with van der Waals surface area (Å²) < 4.78 is 16.0. The minimum Gasteiger partial charge on any atom is -0.493 e. The monoisotopic (exact) mass is 423 g/mol. The van der Waals surface area contributed by atoms with Crippen molar-refractivity contribution < 1.29 is 23.8 Å². The van der Waals surface area contributed by atoms with Crippen LogP contribution in [0.25, 0.3) is 0 Å². The van der Waals surface area contributed by atoms with Gasteiger partial charge in [0.15, 0.2) is 11.5 Å². The molecule has 0 aliphatic carbocycles. The zero-order valence-corrected chi connectivity index (χ0v) is 17.7. The van der Waals surface area contributed by atoms with Crippen LogP contribution >= 0.6 is 0 Å². The van der Waals surface area contributed by atoms with E-state index in [4.69, 9.17) is 19.0 Å². The highest BCUT2D eigenvalue weighted by molar-refractivity contribution is 5.99. The average molecular weight is 423 g/mol. The van der Waals surface area contributed by atoms with Crippen molar-refractivity contribution >= 4 is 11.6 Å². The van der Waals surface area contributed by atoms with Crippen molar-refractivity contribution in [3.8, 4) is 17.2 Å². The molecule has 162 valence electrons. The third-order valence-corrected chi connectivity index (χ3v) is 4.53. The van der Waals surface area contributed by atoms with Crippen molar-refractivity contribution in [1.82, 2.24) is 10.5 Å². The summed E-state index contributed by atoms with van der Waals surface area (Å²) in [7, 11) is 4.62. The molecule has 0 unspecified atom stereocenters. The molecule has 0 aliphatic rings. The highest BCUT2D eigenvalue weighted by Crippen LogP contribution is 2.38. The Labute approximate surface area is 181 Å². The van der Waals surface area contributed by atoms with E-state index in [-0.39, 0.29) is 12.5 Å². The van der Waals surface area contributed by atoms with Gasteiger partial charge in [-0.1, -0.05) is 12.1 Å². The highest BCUT2D eigenvalue weighted by Gasteiger charge is 2.14. The summed E-state index contributed by atoms with van der Waals surface area (Å²) in [5.74, 6) is 1.16. The number of hydroxylamine groups is 1. The standard InChI is InChI=1S/C23H25N3O5/c1-28-20-12-17(13-21(29-2)22(20)30-3)15-31-26-23(27)18-6-4-5-7-19(18)25-14-16-8-10-24-11-9-16/h4-13,25H,14-15H2,1-3H3,(H,26,27). The molecular formula is C23H25N3O5. The lowest BCUT2D eigenvalue weighted by atomic mass is 10.1. The highest BCUT2D eigenvalue weighted by atomic mass is 16.6. The van der Waals surface area contributed by atoms with Gasteiger partial charge in [0.2, 0.25) is 5.75 Å². The first-order valence-electron chi connectivity index (χ1n) is 9.59. The van der Waals surface area contributed by atoms with Crippen LogP contribution < -0.4 is 25.0 Å². The van der Waals surface area contributed by atoms with Gasteiger partial charge in [0.1, 0.15) is 6.61 Å². The molecule has 0 atom stereocenters. The number of methoxy groups -OCH3 is 3. The number of carbonyl (C=O) groups excluding carboxylic acids is 1. The summed E-state index contributed by atoms with van der Waals surface area (Å²) in [5.41, 5.74) is 5.47. The smallest absolute Gasteiger partial charge is 0.276 e. The van der Waals surface area contributed by atoms with Crippen molar-refractivity contribution in [1.29, 1.82) is 0 Å². The maximum atomic E-state index is 12.7. The number of aromatic nitrogens is 1. The molecule has 1 heterocycles. The number of para-hydroxylation sites is 1. The molecule has 0 spiro atoms. The van der Waals surface area contributed by atoms with Gasteiger partial charge in [0.05, 0.1) is 26.9 Å². The van der Waals surface area contributed by atoms with Gasteiger partial charge in [-0.15, -0.1) is 0 Å². The molecule has 2 N–H and O–H groups in total. The lowest BCUT2D eigenvalue weighted by Crippen LogP contribution is -2.24. The van der Waals surface area contributed by atoms with Gasteiger partial charge in [-0.05, 0) is 47.5 Å². The van der Waals surface area contributed by atoms with E-state index < -0.39 is 0 Å². The van der Waals surface area contributed by atoms with E-state index in [0.29, 0.717) is 35.0 Å². The van der Waals surface area contributed by atoms with Gasteiger partial charge in [0.25, 0.3) is 5.91 Å². The Morgan fingerprint density at radius 2 is 1.58 bits per heavy atom. The van der Waals surface area contributed by atoms with Crippen LogP contribution in [0, 0.1) is 0 Å². The SMILES string of the molecule is COc1cc(CONC(=O)c2ccccc2NCc2ccncc2)cc(OC)c1OC. The van der Waals surface area contributed by atoms with Gasteiger partial charge >= 0.3 is 0 Å². The van der Waals surface area contributed by atoms with Crippen LogP contribution in [0.5, 0.6) is 17.2 Å². The van der Waals surface area contributed by atoms with Crippen molar-refractivity contribution in [3.05, 3.63) is 77.6 Å². The number of ether oxygens (including phenoxy) is 3.